The van der Waals surface area contributed by atoms with Gasteiger partial charge in [-0.05, 0) is 37.7 Å². The molecule has 1 N–H and O–H groups in total. The van der Waals surface area contributed by atoms with Crippen molar-refractivity contribution >= 4 is 0 Å². The van der Waals surface area contributed by atoms with Gasteiger partial charge in [-0.3, -0.25) is 9.67 Å². The third kappa shape index (κ3) is 5.17. The van der Waals surface area contributed by atoms with Crippen molar-refractivity contribution in [3.63, 3.8) is 0 Å². The van der Waals surface area contributed by atoms with Gasteiger partial charge in [0.15, 0.2) is 0 Å². The summed E-state index contributed by atoms with van der Waals surface area (Å²) in [5, 5.41) is 13.1. The van der Waals surface area contributed by atoms with E-state index in [1.807, 2.05) is 60.6 Å². The van der Waals surface area contributed by atoms with E-state index in [1.165, 1.54) is 0 Å². The Labute approximate surface area is 173 Å². The van der Waals surface area contributed by atoms with Crippen LogP contribution < -0.4 is 0 Å². The summed E-state index contributed by atoms with van der Waals surface area (Å²) < 4.78 is 3.89. The summed E-state index contributed by atoms with van der Waals surface area (Å²) in [5.74, 6) is 1.23. The third-order valence-electron chi connectivity index (χ3n) is 3.84. The number of para-hydroxylation sites is 1. The number of aryl methyl sites for hydroxylation is 3. The molecule has 142 valence electrons. The van der Waals surface area contributed by atoms with Crippen LogP contribution in [0.15, 0.2) is 67.0 Å². The van der Waals surface area contributed by atoms with Gasteiger partial charge in [-0.2, -0.15) is 5.10 Å². The smallest absolute Gasteiger partial charge is 0.115 e. The maximum Gasteiger partial charge on any atom is 0.115 e. The first kappa shape index (κ1) is 20.7. The molecule has 0 unspecified atom stereocenters. The molecular formula is C21H21N4OPt-. The van der Waals surface area contributed by atoms with Crippen molar-refractivity contribution in [2.24, 2.45) is 7.05 Å². The fraction of sp³-hybridized carbons (Fsp3) is 0.143. The number of benzene rings is 2. The van der Waals surface area contributed by atoms with Gasteiger partial charge >= 0.3 is 0 Å². The Hall–Kier alpha value is -2.65. The molecule has 6 heteroatoms. The second-order valence-electron chi connectivity index (χ2n) is 5.99. The number of hydrogen-bond donors (Lipinski definition) is 1. The number of aromatic nitrogens is 4. The Kier molecular flexibility index (Phi) is 7.14. The molecule has 5 nitrogen and oxygen atoms in total. The van der Waals surface area contributed by atoms with Crippen LogP contribution in [0, 0.1) is 19.9 Å². The minimum Gasteiger partial charge on any atom is -0.508 e. The number of aromatic hydroxyl groups is 1. The molecule has 2 aromatic carbocycles. The predicted molar refractivity (Wildman–Crippen MR) is 102 cm³/mol. The van der Waals surface area contributed by atoms with E-state index in [1.54, 1.807) is 30.5 Å². The molecule has 0 saturated heterocycles. The molecule has 0 aliphatic heterocycles. The van der Waals surface area contributed by atoms with Gasteiger partial charge in [0.2, 0.25) is 0 Å². The summed E-state index contributed by atoms with van der Waals surface area (Å²) >= 11 is 0. The molecule has 27 heavy (non-hydrogen) atoms. The molecule has 2 heterocycles. The van der Waals surface area contributed by atoms with Gasteiger partial charge in [0.05, 0.1) is 11.5 Å². The Bertz CT molecular complexity index is 992. The summed E-state index contributed by atoms with van der Waals surface area (Å²) in [6.07, 6.45) is 3.72. The number of nitrogens with zero attached hydrogens (tertiary/aromatic N) is 4. The standard InChI is InChI=1S/C15H15N4.C6H6O.Pt/c1-11-9-12(2)19(17-11)14-6-4-5-13(10-14)15-16-7-8-18(15)3;7-6-4-2-1-3-5-6;/h4-9H,1-3H3;1-5,7H;/q-1;;. The number of imidazole rings is 1. The van der Waals surface area contributed by atoms with Crippen LogP contribution in [0.2, 0.25) is 0 Å². The summed E-state index contributed by atoms with van der Waals surface area (Å²) in [6.45, 7) is 4.04. The minimum absolute atomic E-state index is 0. The molecule has 0 aliphatic rings. The summed E-state index contributed by atoms with van der Waals surface area (Å²) in [5.41, 5.74) is 4.02. The van der Waals surface area contributed by atoms with Crippen molar-refractivity contribution in [2.45, 2.75) is 13.8 Å². The van der Waals surface area contributed by atoms with Gasteiger partial charge < -0.3 is 9.67 Å². The third-order valence-corrected chi connectivity index (χ3v) is 3.84. The number of phenols is 1. The van der Waals surface area contributed by atoms with Crippen molar-refractivity contribution in [3.05, 3.63) is 84.4 Å². The fourth-order valence-corrected chi connectivity index (χ4v) is 2.64. The van der Waals surface area contributed by atoms with E-state index in [9.17, 15) is 0 Å². The van der Waals surface area contributed by atoms with E-state index in [0.29, 0.717) is 5.75 Å². The van der Waals surface area contributed by atoms with Crippen LogP contribution in [-0.4, -0.2) is 24.4 Å². The van der Waals surface area contributed by atoms with E-state index in [2.05, 4.69) is 22.2 Å². The molecule has 4 aromatic rings. The summed E-state index contributed by atoms with van der Waals surface area (Å²) in [7, 11) is 1.98. The Morgan fingerprint density at radius 3 is 2.26 bits per heavy atom. The van der Waals surface area contributed by atoms with Gasteiger partial charge in [0.1, 0.15) is 5.75 Å². The van der Waals surface area contributed by atoms with Gasteiger partial charge in [-0.15, -0.1) is 29.8 Å². The first-order chi connectivity index (χ1) is 12.5. The zero-order valence-corrected chi connectivity index (χ0v) is 17.7. The van der Waals surface area contributed by atoms with E-state index in [4.69, 9.17) is 5.11 Å². The molecule has 4 rings (SSSR count). The zero-order valence-electron chi connectivity index (χ0n) is 15.4. The molecule has 0 aliphatic carbocycles. The van der Waals surface area contributed by atoms with Crippen molar-refractivity contribution in [1.82, 2.24) is 19.3 Å². The van der Waals surface area contributed by atoms with Crippen LogP contribution in [0.25, 0.3) is 17.1 Å². The van der Waals surface area contributed by atoms with E-state index in [-0.39, 0.29) is 21.1 Å². The molecule has 0 fully saturated rings. The van der Waals surface area contributed by atoms with Crippen LogP contribution in [0.5, 0.6) is 5.75 Å². The summed E-state index contributed by atoms with van der Waals surface area (Å²) in [6, 6.07) is 20.2. The number of rotatable bonds is 2. The SMILES string of the molecule is Cc1cc(C)n(-c2[c-]c(-c3nccn3C)ccc2)n1.Oc1ccccc1.[Pt]. The minimum atomic E-state index is 0. The normalized spacial score (nSPS) is 9.89. The topological polar surface area (TPSA) is 55.9 Å². The number of hydrogen-bond acceptors (Lipinski definition) is 3. The second kappa shape index (κ2) is 9.33. The van der Waals surface area contributed by atoms with Crippen molar-refractivity contribution in [3.8, 4) is 22.8 Å². The van der Waals surface area contributed by atoms with Gasteiger partial charge in [-0.25, -0.2) is 0 Å². The maximum atomic E-state index is 8.63. The van der Waals surface area contributed by atoms with Gasteiger partial charge in [0.25, 0.3) is 0 Å². The number of phenolic OH excluding ortho intramolecular Hbond substituents is 1. The fourth-order valence-electron chi connectivity index (χ4n) is 2.64. The van der Waals surface area contributed by atoms with Gasteiger partial charge in [0, 0.05) is 46.2 Å². The zero-order chi connectivity index (χ0) is 18.5. The Morgan fingerprint density at radius 2 is 1.74 bits per heavy atom. The van der Waals surface area contributed by atoms with E-state index >= 15 is 0 Å². The van der Waals surface area contributed by atoms with Crippen LogP contribution in [0.4, 0.5) is 0 Å². The van der Waals surface area contributed by atoms with E-state index in [0.717, 1.165) is 28.5 Å². The monoisotopic (exact) mass is 540 g/mol. The molecule has 0 atom stereocenters. The average Bonchev–Trinajstić information content (AvgIpc) is 3.21. The Balaban J connectivity index is 0.000000278. The first-order valence-electron chi connectivity index (χ1n) is 8.32. The van der Waals surface area contributed by atoms with Crippen LogP contribution in [0.3, 0.4) is 0 Å². The molecule has 0 bridgehead atoms. The quantitative estimate of drug-likeness (QED) is 0.390. The van der Waals surface area contributed by atoms with Gasteiger partial charge in [-0.1, -0.05) is 18.2 Å². The largest absolute Gasteiger partial charge is 0.508 e. The molecular weight excluding hydrogens is 519 g/mol. The predicted octanol–water partition coefficient (Wildman–Crippen LogP) is 4.08. The second-order valence-corrected chi connectivity index (χ2v) is 5.99. The average molecular weight is 541 g/mol. The molecule has 2 aromatic heterocycles. The molecule has 0 spiro atoms. The Morgan fingerprint density at radius 1 is 1.00 bits per heavy atom. The first-order valence-corrected chi connectivity index (χ1v) is 8.32. The van der Waals surface area contributed by atoms with Crippen molar-refractivity contribution in [2.75, 3.05) is 0 Å². The van der Waals surface area contributed by atoms with Crippen LogP contribution in [0.1, 0.15) is 11.4 Å². The van der Waals surface area contributed by atoms with Crippen LogP contribution in [-0.2, 0) is 28.1 Å². The summed E-state index contributed by atoms with van der Waals surface area (Å²) in [4.78, 5) is 4.35. The van der Waals surface area contributed by atoms with E-state index < -0.39 is 0 Å². The molecule has 0 radical (unpaired) electrons. The van der Waals surface area contributed by atoms with Crippen molar-refractivity contribution < 1.29 is 26.2 Å². The van der Waals surface area contributed by atoms with Crippen LogP contribution >= 0.6 is 0 Å². The molecule has 0 saturated carbocycles. The van der Waals surface area contributed by atoms with Crippen molar-refractivity contribution in [1.29, 1.82) is 0 Å². The molecule has 0 amide bonds. The maximum absolute atomic E-state index is 8.63.